The number of imide groups is 1. The monoisotopic (exact) mass is 499 g/mol. The van der Waals surface area contributed by atoms with Gasteiger partial charge in [-0.05, 0) is 51.3 Å². The number of hydrogen-bond donors (Lipinski definition) is 2. The normalized spacial score (nSPS) is 19.8. The Hall–Kier alpha value is -3.58. The van der Waals surface area contributed by atoms with Crippen LogP contribution < -0.4 is 10.6 Å². The number of carbonyl (C=O) groups is 4. The van der Waals surface area contributed by atoms with E-state index in [0.717, 1.165) is 11.1 Å². The fraction of sp³-hybridized carbons (Fsp3) is 0.538. The first-order valence-corrected chi connectivity index (χ1v) is 12.1. The lowest BCUT2D eigenvalue weighted by Crippen LogP contribution is -2.52. The summed E-state index contributed by atoms with van der Waals surface area (Å²) in [5.41, 5.74) is 1.06. The number of amides is 4. The highest BCUT2D eigenvalue weighted by molar-refractivity contribution is 6.01. The molecule has 36 heavy (non-hydrogen) atoms. The summed E-state index contributed by atoms with van der Waals surface area (Å²) in [4.78, 5) is 48.8. The van der Waals surface area contributed by atoms with Crippen LogP contribution in [-0.4, -0.2) is 66.8 Å². The number of nitrogens with one attached hydrogen (secondary N) is 2. The van der Waals surface area contributed by atoms with Crippen molar-refractivity contribution in [2.75, 3.05) is 26.3 Å². The lowest BCUT2D eigenvalue weighted by molar-refractivity contribution is -0.136. The number of hydrogen-bond acceptors (Lipinski definition) is 7. The van der Waals surface area contributed by atoms with Crippen molar-refractivity contribution in [1.82, 2.24) is 15.5 Å². The number of benzene rings is 1. The molecule has 2 aliphatic heterocycles. The highest BCUT2D eigenvalue weighted by Crippen LogP contribution is 2.29. The molecule has 0 aromatic heterocycles. The molecular formula is C26H33N3O7. The van der Waals surface area contributed by atoms with Crippen molar-refractivity contribution in [3.63, 3.8) is 0 Å². The molecule has 1 aromatic carbocycles. The van der Waals surface area contributed by atoms with E-state index >= 15 is 0 Å². The van der Waals surface area contributed by atoms with Crippen LogP contribution >= 0.6 is 0 Å². The van der Waals surface area contributed by atoms with Crippen molar-refractivity contribution in [2.24, 2.45) is 0 Å². The minimum Gasteiger partial charge on any atom is -0.444 e. The van der Waals surface area contributed by atoms with E-state index in [-0.39, 0.29) is 18.9 Å². The lowest BCUT2D eigenvalue weighted by atomic mass is 10.0. The number of ether oxygens (including phenoxy) is 3. The molecular weight excluding hydrogens is 466 g/mol. The summed E-state index contributed by atoms with van der Waals surface area (Å²) in [6.07, 6.45) is 0.192. The third kappa shape index (κ3) is 8.27. The Labute approximate surface area is 211 Å². The largest absolute Gasteiger partial charge is 0.444 e. The Kier molecular flexibility index (Phi) is 9.31. The second-order valence-corrected chi connectivity index (χ2v) is 9.56. The molecule has 1 unspecified atom stereocenters. The van der Waals surface area contributed by atoms with Gasteiger partial charge in [-0.25, -0.2) is 9.59 Å². The van der Waals surface area contributed by atoms with Crippen LogP contribution in [0.25, 0.3) is 0 Å². The molecule has 2 N–H and O–H groups in total. The molecule has 2 saturated heterocycles. The Morgan fingerprint density at radius 2 is 2.06 bits per heavy atom. The smallest absolute Gasteiger partial charge is 0.411 e. The van der Waals surface area contributed by atoms with Gasteiger partial charge in [0.25, 0.3) is 0 Å². The van der Waals surface area contributed by atoms with Crippen LogP contribution in [0, 0.1) is 11.8 Å². The van der Waals surface area contributed by atoms with Crippen molar-refractivity contribution in [1.29, 1.82) is 0 Å². The van der Waals surface area contributed by atoms with Crippen molar-refractivity contribution in [3.05, 3.63) is 35.4 Å². The second kappa shape index (κ2) is 12.4. The summed E-state index contributed by atoms with van der Waals surface area (Å²) in [6, 6.07) is 6.73. The van der Waals surface area contributed by atoms with Gasteiger partial charge in [0.15, 0.2) is 0 Å². The van der Waals surface area contributed by atoms with Gasteiger partial charge in [-0.3, -0.25) is 19.8 Å². The van der Waals surface area contributed by atoms with Crippen LogP contribution in [0.3, 0.4) is 0 Å². The Morgan fingerprint density at radius 3 is 2.81 bits per heavy atom. The molecule has 0 saturated carbocycles. The number of nitrogens with zero attached hydrogens (tertiary/aromatic N) is 1. The van der Waals surface area contributed by atoms with Crippen LogP contribution in [0.2, 0.25) is 0 Å². The SMILES string of the molecule is CC(C)(C)OC(=O)NCCCOCCC#Cc1cccc([C@H]2CN(C3CCC(=O)NC3=O)C(=O)O2)c1. The zero-order chi connectivity index (χ0) is 26.1. The zero-order valence-corrected chi connectivity index (χ0v) is 20.9. The van der Waals surface area contributed by atoms with Crippen molar-refractivity contribution >= 4 is 24.0 Å². The third-order valence-electron chi connectivity index (χ3n) is 5.42. The van der Waals surface area contributed by atoms with E-state index in [2.05, 4.69) is 22.5 Å². The van der Waals surface area contributed by atoms with E-state index < -0.39 is 35.8 Å². The van der Waals surface area contributed by atoms with E-state index in [1.165, 1.54) is 4.90 Å². The summed E-state index contributed by atoms with van der Waals surface area (Å²) in [5.74, 6) is 5.36. The molecule has 2 fully saturated rings. The molecule has 10 heteroatoms. The maximum absolute atomic E-state index is 12.4. The summed E-state index contributed by atoms with van der Waals surface area (Å²) in [7, 11) is 0. The Balaban J connectivity index is 1.39. The van der Waals surface area contributed by atoms with Crippen molar-refractivity contribution in [3.8, 4) is 11.8 Å². The third-order valence-corrected chi connectivity index (χ3v) is 5.42. The van der Waals surface area contributed by atoms with Crippen LogP contribution in [0.1, 0.15) is 63.7 Å². The molecule has 10 nitrogen and oxygen atoms in total. The van der Waals surface area contributed by atoms with Gasteiger partial charge in [0.05, 0.1) is 13.2 Å². The fourth-order valence-corrected chi connectivity index (χ4v) is 3.77. The number of cyclic esters (lactones) is 1. The molecule has 2 atom stereocenters. The highest BCUT2D eigenvalue weighted by Gasteiger charge is 2.41. The van der Waals surface area contributed by atoms with E-state index in [0.29, 0.717) is 39.0 Å². The maximum Gasteiger partial charge on any atom is 0.411 e. The van der Waals surface area contributed by atoms with Crippen LogP contribution in [-0.2, 0) is 23.8 Å². The predicted octanol–water partition coefficient (Wildman–Crippen LogP) is 2.66. The minimum absolute atomic E-state index is 0.197. The number of rotatable bonds is 8. The first-order valence-electron chi connectivity index (χ1n) is 12.1. The number of piperidine rings is 1. The Morgan fingerprint density at radius 1 is 1.25 bits per heavy atom. The molecule has 4 amide bonds. The molecule has 0 aliphatic carbocycles. The molecule has 2 heterocycles. The van der Waals surface area contributed by atoms with Crippen LogP contribution in [0.4, 0.5) is 9.59 Å². The standard InChI is InChI=1S/C26H33N3O7/c1-26(2,3)36-24(32)27-13-7-15-34-14-5-4-8-18-9-6-10-19(16-18)21-17-29(25(33)35-21)20-11-12-22(30)28-23(20)31/h6,9-10,16,20-21H,5,7,11-15,17H2,1-3H3,(H,27,32)(H,28,30,31)/t20?,21-/m1/s1. The van der Waals surface area contributed by atoms with E-state index in [1.807, 2.05) is 45.0 Å². The van der Waals surface area contributed by atoms with E-state index in [1.54, 1.807) is 0 Å². The first kappa shape index (κ1) is 27.0. The van der Waals surface area contributed by atoms with Gasteiger partial charge in [-0.15, -0.1) is 0 Å². The fourth-order valence-electron chi connectivity index (χ4n) is 3.77. The topological polar surface area (TPSA) is 123 Å². The number of alkyl carbamates (subject to hydrolysis) is 1. The molecule has 2 aliphatic rings. The van der Waals surface area contributed by atoms with Gasteiger partial charge >= 0.3 is 12.2 Å². The second-order valence-electron chi connectivity index (χ2n) is 9.56. The van der Waals surface area contributed by atoms with Gasteiger partial charge < -0.3 is 19.5 Å². The molecule has 0 bridgehead atoms. The molecule has 0 spiro atoms. The average molecular weight is 500 g/mol. The van der Waals surface area contributed by atoms with E-state index in [4.69, 9.17) is 14.2 Å². The zero-order valence-electron chi connectivity index (χ0n) is 20.9. The Bertz CT molecular complexity index is 1040. The van der Waals surface area contributed by atoms with Gasteiger partial charge in [-0.1, -0.05) is 24.0 Å². The maximum atomic E-state index is 12.4. The molecule has 1 aromatic rings. The lowest BCUT2D eigenvalue weighted by Gasteiger charge is -2.27. The van der Waals surface area contributed by atoms with Gasteiger partial charge in [0.1, 0.15) is 17.7 Å². The predicted molar refractivity (Wildman–Crippen MR) is 130 cm³/mol. The highest BCUT2D eigenvalue weighted by atomic mass is 16.6. The average Bonchev–Trinajstić information content (AvgIpc) is 3.18. The van der Waals surface area contributed by atoms with Crippen LogP contribution in [0.5, 0.6) is 0 Å². The summed E-state index contributed by atoms with van der Waals surface area (Å²) < 4.78 is 16.2. The molecule has 3 rings (SSSR count). The molecule has 194 valence electrons. The minimum atomic E-state index is -0.698. The number of carbonyl (C=O) groups excluding carboxylic acids is 4. The van der Waals surface area contributed by atoms with Gasteiger partial charge in [0.2, 0.25) is 11.8 Å². The van der Waals surface area contributed by atoms with Crippen molar-refractivity contribution in [2.45, 2.75) is 64.2 Å². The quantitative estimate of drug-likeness (QED) is 0.320. The summed E-state index contributed by atoms with van der Waals surface area (Å²) >= 11 is 0. The van der Waals surface area contributed by atoms with Crippen molar-refractivity contribution < 1.29 is 33.4 Å². The molecule has 0 radical (unpaired) electrons. The van der Waals surface area contributed by atoms with Gasteiger partial charge in [0, 0.05) is 31.6 Å². The van der Waals surface area contributed by atoms with Crippen LogP contribution in [0.15, 0.2) is 24.3 Å². The summed E-state index contributed by atoms with van der Waals surface area (Å²) in [5, 5.41) is 4.95. The van der Waals surface area contributed by atoms with E-state index in [9.17, 15) is 19.2 Å². The van der Waals surface area contributed by atoms with Gasteiger partial charge in [-0.2, -0.15) is 0 Å². The summed E-state index contributed by atoms with van der Waals surface area (Å²) in [6.45, 7) is 7.12. The first-order chi connectivity index (χ1) is 17.1.